The molecule has 1 fully saturated rings. The van der Waals surface area contributed by atoms with Crippen LogP contribution in [0.15, 0.2) is 12.1 Å². The lowest BCUT2D eigenvalue weighted by molar-refractivity contribution is 0.0896. The summed E-state index contributed by atoms with van der Waals surface area (Å²) in [4.78, 5) is 0. The third kappa shape index (κ3) is 2.67. The number of rotatable bonds is 5. The first-order chi connectivity index (χ1) is 9.63. The average molecular weight is 301 g/mol. The summed E-state index contributed by atoms with van der Waals surface area (Å²) >= 11 is 6.61. The van der Waals surface area contributed by atoms with Crippen molar-refractivity contribution in [1.82, 2.24) is 0 Å². The van der Waals surface area contributed by atoms with Crippen molar-refractivity contribution in [2.45, 2.75) is 24.8 Å². The van der Waals surface area contributed by atoms with Crippen LogP contribution in [0, 0.1) is 5.92 Å². The number of benzene rings is 1. The maximum atomic E-state index is 6.61. The van der Waals surface area contributed by atoms with Gasteiger partial charge in [-0.1, -0.05) is 6.92 Å². The summed E-state index contributed by atoms with van der Waals surface area (Å²) in [7, 11) is 4.78. The molecule has 0 bridgehead atoms. The molecule has 0 spiro atoms. The second-order valence-corrected chi connectivity index (χ2v) is 5.40. The van der Waals surface area contributed by atoms with Crippen LogP contribution in [-0.4, -0.2) is 34.0 Å². The van der Waals surface area contributed by atoms with Gasteiger partial charge in [-0.15, -0.1) is 11.6 Å². The van der Waals surface area contributed by atoms with E-state index in [2.05, 4.69) is 6.92 Å². The Kier molecular flexibility index (Phi) is 5.00. The zero-order chi connectivity index (χ0) is 14.7. The predicted molar refractivity (Wildman–Crippen MR) is 78.2 cm³/mol. The zero-order valence-electron chi connectivity index (χ0n) is 12.3. The molecule has 0 amide bonds. The molecule has 5 heteroatoms. The molecule has 1 aliphatic heterocycles. The van der Waals surface area contributed by atoms with Gasteiger partial charge in [0.2, 0.25) is 5.75 Å². The summed E-state index contributed by atoms with van der Waals surface area (Å²) in [6.45, 7) is 2.91. The molecule has 1 aliphatic rings. The van der Waals surface area contributed by atoms with Crippen molar-refractivity contribution in [3.05, 3.63) is 17.7 Å². The standard InChI is InChI=1S/C15H21ClO4/c1-9-7-8-20-13(9)12(16)10-5-6-11(17-2)15(19-4)14(10)18-3/h5-6,9,12-13H,7-8H2,1-4H3. The van der Waals surface area contributed by atoms with E-state index in [0.29, 0.717) is 23.2 Å². The highest BCUT2D eigenvalue weighted by Gasteiger charge is 2.34. The highest BCUT2D eigenvalue weighted by Crippen LogP contribution is 2.46. The van der Waals surface area contributed by atoms with Crippen molar-refractivity contribution in [3.8, 4) is 17.2 Å². The zero-order valence-corrected chi connectivity index (χ0v) is 13.1. The van der Waals surface area contributed by atoms with Crippen LogP contribution in [0.2, 0.25) is 0 Å². The van der Waals surface area contributed by atoms with Gasteiger partial charge in [-0.05, 0) is 24.5 Å². The molecule has 0 radical (unpaired) electrons. The summed E-state index contributed by atoms with van der Waals surface area (Å²) < 4.78 is 21.9. The van der Waals surface area contributed by atoms with E-state index in [0.717, 1.165) is 18.6 Å². The summed E-state index contributed by atoms with van der Waals surface area (Å²) in [5.41, 5.74) is 0.866. The Balaban J connectivity index is 2.40. The predicted octanol–water partition coefficient (Wildman–Crippen LogP) is 3.42. The van der Waals surface area contributed by atoms with Gasteiger partial charge in [-0.2, -0.15) is 0 Å². The Morgan fingerprint density at radius 3 is 2.35 bits per heavy atom. The van der Waals surface area contributed by atoms with Gasteiger partial charge in [0.05, 0.1) is 32.8 Å². The van der Waals surface area contributed by atoms with Crippen LogP contribution < -0.4 is 14.2 Å². The lowest BCUT2D eigenvalue weighted by Crippen LogP contribution is -2.20. The molecule has 4 nitrogen and oxygen atoms in total. The van der Waals surface area contributed by atoms with E-state index in [1.807, 2.05) is 12.1 Å². The number of halogens is 1. The lowest BCUT2D eigenvalue weighted by atomic mass is 9.96. The number of hydrogen-bond donors (Lipinski definition) is 0. The van der Waals surface area contributed by atoms with Gasteiger partial charge in [-0.3, -0.25) is 0 Å². The molecule has 0 aliphatic carbocycles. The number of alkyl halides is 1. The van der Waals surface area contributed by atoms with Gasteiger partial charge in [0.15, 0.2) is 11.5 Å². The van der Waals surface area contributed by atoms with E-state index >= 15 is 0 Å². The molecule has 0 N–H and O–H groups in total. The first kappa shape index (κ1) is 15.3. The van der Waals surface area contributed by atoms with E-state index in [-0.39, 0.29) is 11.5 Å². The largest absolute Gasteiger partial charge is 0.493 e. The second kappa shape index (κ2) is 6.55. The van der Waals surface area contributed by atoms with Crippen molar-refractivity contribution in [2.75, 3.05) is 27.9 Å². The lowest BCUT2D eigenvalue weighted by Gasteiger charge is -2.24. The third-order valence-electron chi connectivity index (χ3n) is 3.76. The molecule has 3 unspecified atom stereocenters. The van der Waals surface area contributed by atoms with Crippen molar-refractivity contribution in [2.24, 2.45) is 5.92 Å². The average Bonchev–Trinajstić information content (AvgIpc) is 2.90. The van der Waals surface area contributed by atoms with Crippen LogP contribution in [0.4, 0.5) is 0 Å². The first-order valence-corrected chi connectivity index (χ1v) is 7.12. The molecule has 2 rings (SSSR count). The van der Waals surface area contributed by atoms with Gasteiger partial charge >= 0.3 is 0 Å². The quantitative estimate of drug-likeness (QED) is 0.781. The van der Waals surface area contributed by atoms with E-state index in [9.17, 15) is 0 Å². The Labute approximate surface area is 124 Å². The monoisotopic (exact) mass is 300 g/mol. The maximum absolute atomic E-state index is 6.61. The Morgan fingerprint density at radius 1 is 1.15 bits per heavy atom. The van der Waals surface area contributed by atoms with Crippen LogP contribution in [0.1, 0.15) is 24.3 Å². The second-order valence-electron chi connectivity index (χ2n) is 4.93. The van der Waals surface area contributed by atoms with Crippen LogP contribution in [0.5, 0.6) is 17.2 Å². The molecule has 112 valence electrons. The third-order valence-corrected chi connectivity index (χ3v) is 4.25. The minimum Gasteiger partial charge on any atom is -0.493 e. The van der Waals surface area contributed by atoms with E-state index in [1.165, 1.54) is 0 Å². The molecule has 0 saturated carbocycles. The fraction of sp³-hybridized carbons (Fsp3) is 0.600. The van der Waals surface area contributed by atoms with E-state index in [1.54, 1.807) is 21.3 Å². The molecular weight excluding hydrogens is 280 g/mol. The Morgan fingerprint density at radius 2 is 1.85 bits per heavy atom. The van der Waals surface area contributed by atoms with E-state index in [4.69, 9.17) is 30.5 Å². The SMILES string of the molecule is COc1ccc(C(Cl)C2OCCC2C)c(OC)c1OC. The van der Waals surface area contributed by atoms with Gasteiger partial charge in [0.1, 0.15) is 0 Å². The summed E-state index contributed by atoms with van der Waals surface area (Å²) in [5, 5.41) is -0.276. The summed E-state index contributed by atoms with van der Waals surface area (Å²) in [6.07, 6.45) is 1.02. The van der Waals surface area contributed by atoms with Gasteiger partial charge in [0.25, 0.3) is 0 Å². The molecule has 1 aromatic rings. The number of methoxy groups -OCH3 is 3. The summed E-state index contributed by atoms with van der Waals surface area (Å²) in [5.74, 6) is 2.21. The smallest absolute Gasteiger partial charge is 0.203 e. The van der Waals surface area contributed by atoms with Gasteiger partial charge in [-0.25, -0.2) is 0 Å². The minimum absolute atomic E-state index is 0.0105. The Bertz CT molecular complexity index is 463. The summed E-state index contributed by atoms with van der Waals surface area (Å²) in [6, 6.07) is 3.75. The normalized spacial score (nSPS) is 23.4. The van der Waals surface area contributed by atoms with Crippen molar-refractivity contribution >= 4 is 11.6 Å². The highest BCUT2D eigenvalue weighted by molar-refractivity contribution is 6.21. The topological polar surface area (TPSA) is 36.9 Å². The van der Waals surface area contributed by atoms with E-state index < -0.39 is 0 Å². The molecule has 0 aromatic heterocycles. The van der Waals surface area contributed by atoms with Crippen LogP contribution in [0.3, 0.4) is 0 Å². The fourth-order valence-electron chi connectivity index (χ4n) is 2.61. The fourth-order valence-corrected chi connectivity index (χ4v) is 3.10. The van der Waals surface area contributed by atoms with Crippen molar-refractivity contribution < 1.29 is 18.9 Å². The van der Waals surface area contributed by atoms with Gasteiger partial charge < -0.3 is 18.9 Å². The van der Waals surface area contributed by atoms with Crippen LogP contribution >= 0.6 is 11.6 Å². The highest BCUT2D eigenvalue weighted by atomic mass is 35.5. The molecule has 1 saturated heterocycles. The minimum atomic E-state index is -0.276. The maximum Gasteiger partial charge on any atom is 0.203 e. The Hall–Kier alpha value is -1.13. The molecule has 1 aromatic carbocycles. The first-order valence-electron chi connectivity index (χ1n) is 6.68. The number of ether oxygens (including phenoxy) is 4. The van der Waals surface area contributed by atoms with Gasteiger partial charge in [0, 0.05) is 12.2 Å². The molecule has 1 heterocycles. The van der Waals surface area contributed by atoms with Crippen molar-refractivity contribution in [1.29, 1.82) is 0 Å². The molecule has 3 atom stereocenters. The van der Waals surface area contributed by atoms with Crippen LogP contribution in [0.25, 0.3) is 0 Å². The van der Waals surface area contributed by atoms with Crippen molar-refractivity contribution in [3.63, 3.8) is 0 Å². The molecule has 20 heavy (non-hydrogen) atoms. The van der Waals surface area contributed by atoms with Crippen LogP contribution in [-0.2, 0) is 4.74 Å². The molecular formula is C15H21ClO4. The number of hydrogen-bond acceptors (Lipinski definition) is 4.